The lowest BCUT2D eigenvalue weighted by Crippen LogP contribution is -2.38. The molecule has 1 aliphatic rings. The van der Waals surface area contributed by atoms with E-state index in [0.29, 0.717) is 26.1 Å². The summed E-state index contributed by atoms with van der Waals surface area (Å²) >= 11 is 1.53. The SMILES string of the molecule is CCN(CC)CC.O=S(=O)(O)CCCNCC1COc2cscc2O1. The number of nitrogens with one attached hydrogen (secondary N) is 1. The van der Waals surface area contributed by atoms with Crippen LogP contribution in [0.2, 0.25) is 0 Å². The van der Waals surface area contributed by atoms with Gasteiger partial charge in [0.25, 0.3) is 10.1 Å². The van der Waals surface area contributed by atoms with Gasteiger partial charge in [0, 0.05) is 17.3 Å². The summed E-state index contributed by atoms with van der Waals surface area (Å²) in [6.07, 6.45) is 0.300. The molecule has 0 spiro atoms. The molecular weight excluding hydrogens is 364 g/mol. The van der Waals surface area contributed by atoms with Gasteiger partial charge in [-0.2, -0.15) is 8.42 Å². The maximum Gasteiger partial charge on any atom is 0.264 e. The molecule has 0 aliphatic carbocycles. The van der Waals surface area contributed by atoms with E-state index in [2.05, 4.69) is 31.0 Å². The molecule has 25 heavy (non-hydrogen) atoms. The molecule has 2 N–H and O–H groups in total. The average Bonchev–Trinajstić information content (AvgIpc) is 3.03. The van der Waals surface area contributed by atoms with Gasteiger partial charge in [-0.05, 0) is 32.6 Å². The van der Waals surface area contributed by atoms with Crippen molar-refractivity contribution in [3.8, 4) is 11.5 Å². The molecule has 1 unspecified atom stereocenters. The van der Waals surface area contributed by atoms with Crippen molar-refractivity contribution < 1.29 is 22.4 Å². The van der Waals surface area contributed by atoms with Gasteiger partial charge in [-0.15, -0.1) is 11.3 Å². The summed E-state index contributed by atoms with van der Waals surface area (Å²) in [5, 5.41) is 6.86. The third-order valence-electron chi connectivity index (χ3n) is 3.78. The van der Waals surface area contributed by atoms with Crippen molar-refractivity contribution in [3.05, 3.63) is 10.8 Å². The summed E-state index contributed by atoms with van der Waals surface area (Å²) in [5.41, 5.74) is 0. The van der Waals surface area contributed by atoms with Crippen LogP contribution in [0.15, 0.2) is 10.8 Å². The molecule has 146 valence electrons. The Morgan fingerprint density at radius 1 is 1.24 bits per heavy atom. The van der Waals surface area contributed by atoms with E-state index in [1.54, 1.807) is 0 Å². The predicted octanol–water partition coefficient (Wildman–Crippen LogP) is 2.10. The lowest BCUT2D eigenvalue weighted by molar-refractivity contribution is 0.0920. The van der Waals surface area contributed by atoms with Gasteiger partial charge in [-0.25, -0.2) is 0 Å². The molecule has 0 aromatic carbocycles. The summed E-state index contributed by atoms with van der Waals surface area (Å²) in [7, 11) is -3.86. The van der Waals surface area contributed by atoms with Crippen LogP contribution >= 0.6 is 11.3 Å². The number of thiophene rings is 1. The highest BCUT2D eigenvalue weighted by Crippen LogP contribution is 2.34. The van der Waals surface area contributed by atoms with Crippen molar-refractivity contribution in [1.82, 2.24) is 10.2 Å². The van der Waals surface area contributed by atoms with Crippen LogP contribution in [0, 0.1) is 0 Å². The second-order valence-electron chi connectivity index (χ2n) is 5.61. The largest absolute Gasteiger partial charge is 0.485 e. The molecule has 1 atom stereocenters. The number of nitrogens with zero attached hydrogens (tertiary/aromatic N) is 1. The molecular formula is C16H30N2O5S2. The van der Waals surface area contributed by atoms with Gasteiger partial charge in [0.05, 0.1) is 5.75 Å². The van der Waals surface area contributed by atoms with Crippen LogP contribution in [0.5, 0.6) is 11.5 Å². The first-order valence-electron chi connectivity index (χ1n) is 8.63. The Bertz CT molecular complexity index is 567. The van der Waals surface area contributed by atoms with E-state index in [9.17, 15) is 8.42 Å². The Labute approximate surface area is 155 Å². The molecule has 0 bridgehead atoms. The second-order valence-corrected chi connectivity index (χ2v) is 7.93. The highest BCUT2D eigenvalue weighted by Gasteiger charge is 2.21. The summed E-state index contributed by atoms with van der Waals surface area (Å²) in [4.78, 5) is 2.38. The zero-order valence-electron chi connectivity index (χ0n) is 15.2. The fourth-order valence-electron chi connectivity index (χ4n) is 2.28. The summed E-state index contributed by atoms with van der Waals surface area (Å²) in [6, 6.07) is 0. The number of ether oxygens (including phenoxy) is 2. The zero-order valence-corrected chi connectivity index (χ0v) is 16.9. The minimum Gasteiger partial charge on any atom is -0.485 e. The number of fused-ring (bicyclic) bond motifs is 1. The first-order chi connectivity index (χ1) is 11.9. The smallest absolute Gasteiger partial charge is 0.264 e. The average molecular weight is 395 g/mol. The number of rotatable bonds is 9. The van der Waals surface area contributed by atoms with Crippen LogP contribution in [0.1, 0.15) is 27.2 Å². The monoisotopic (exact) mass is 394 g/mol. The van der Waals surface area contributed by atoms with Crippen molar-refractivity contribution in [3.63, 3.8) is 0 Å². The van der Waals surface area contributed by atoms with Crippen molar-refractivity contribution in [1.29, 1.82) is 0 Å². The Balaban J connectivity index is 0.000000381. The highest BCUT2D eigenvalue weighted by molar-refractivity contribution is 7.85. The van der Waals surface area contributed by atoms with Gasteiger partial charge in [-0.3, -0.25) is 4.55 Å². The second kappa shape index (κ2) is 11.7. The van der Waals surface area contributed by atoms with Gasteiger partial charge in [-0.1, -0.05) is 20.8 Å². The molecule has 0 radical (unpaired) electrons. The zero-order chi connectivity index (χ0) is 18.7. The summed E-state index contributed by atoms with van der Waals surface area (Å²) in [6.45, 7) is 11.7. The van der Waals surface area contributed by atoms with Crippen molar-refractivity contribution in [2.75, 3.05) is 45.1 Å². The van der Waals surface area contributed by atoms with E-state index in [-0.39, 0.29) is 11.9 Å². The van der Waals surface area contributed by atoms with E-state index in [4.69, 9.17) is 14.0 Å². The first kappa shape index (κ1) is 22.2. The van der Waals surface area contributed by atoms with Crippen molar-refractivity contribution in [2.24, 2.45) is 0 Å². The van der Waals surface area contributed by atoms with E-state index in [1.807, 2.05) is 10.8 Å². The Hall–Kier alpha value is -0.870. The van der Waals surface area contributed by atoms with Crippen LogP contribution in [-0.4, -0.2) is 69.1 Å². The fraction of sp³-hybridized carbons (Fsp3) is 0.750. The molecule has 0 saturated heterocycles. The maximum atomic E-state index is 10.5. The highest BCUT2D eigenvalue weighted by atomic mass is 32.2. The van der Waals surface area contributed by atoms with E-state index >= 15 is 0 Å². The molecule has 1 aliphatic heterocycles. The van der Waals surface area contributed by atoms with Gasteiger partial charge in [0.15, 0.2) is 11.5 Å². The van der Waals surface area contributed by atoms with Crippen LogP contribution < -0.4 is 14.8 Å². The molecule has 2 rings (SSSR count). The van der Waals surface area contributed by atoms with Crippen LogP contribution in [0.4, 0.5) is 0 Å². The third-order valence-corrected chi connectivity index (χ3v) is 5.29. The van der Waals surface area contributed by atoms with Crippen molar-refractivity contribution in [2.45, 2.75) is 33.3 Å². The molecule has 0 fully saturated rings. The quantitative estimate of drug-likeness (QED) is 0.490. The van der Waals surface area contributed by atoms with E-state index in [0.717, 1.165) is 11.5 Å². The molecule has 9 heteroatoms. The Kier molecular flexibility index (Phi) is 10.4. The third kappa shape index (κ3) is 9.41. The Morgan fingerprint density at radius 2 is 1.88 bits per heavy atom. The lowest BCUT2D eigenvalue weighted by Gasteiger charge is -2.24. The summed E-state index contributed by atoms with van der Waals surface area (Å²) < 4.78 is 40.7. The van der Waals surface area contributed by atoms with E-state index < -0.39 is 10.1 Å². The van der Waals surface area contributed by atoms with Gasteiger partial charge in [0.2, 0.25) is 0 Å². The maximum absolute atomic E-state index is 10.5. The van der Waals surface area contributed by atoms with E-state index in [1.165, 1.54) is 31.0 Å². The molecule has 0 amide bonds. The topological polar surface area (TPSA) is 88.1 Å². The van der Waals surface area contributed by atoms with Crippen LogP contribution in [0.25, 0.3) is 0 Å². The number of hydrogen-bond acceptors (Lipinski definition) is 7. The van der Waals surface area contributed by atoms with Crippen molar-refractivity contribution >= 4 is 21.5 Å². The lowest BCUT2D eigenvalue weighted by atomic mass is 10.3. The Morgan fingerprint density at radius 3 is 2.44 bits per heavy atom. The molecule has 1 aromatic rings. The molecule has 7 nitrogen and oxygen atoms in total. The van der Waals surface area contributed by atoms with Gasteiger partial charge >= 0.3 is 0 Å². The summed E-state index contributed by atoms with van der Waals surface area (Å²) in [5.74, 6) is 1.31. The minimum atomic E-state index is -3.86. The molecule has 2 heterocycles. The van der Waals surface area contributed by atoms with Crippen LogP contribution in [-0.2, 0) is 10.1 Å². The molecule has 1 aromatic heterocycles. The first-order valence-corrected chi connectivity index (χ1v) is 11.2. The number of hydrogen-bond donors (Lipinski definition) is 2. The van der Waals surface area contributed by atoms with Gasteiger partial charge < -0.3 is 19.7 Å². The fourth-order valence-corrected chi connectivity index (χ4v) is 3.46. The van der Waals surface area contributed by atoms with Gasteiger partial charge in [0.1, 0.15) is 12.7 Å². The minimum absolute atomic E-state index is 0.0715. The van der Waals surface area contributed by atoms with Crippen LogP contribution in [0.3, 0.4) is 0 Å². The molecule has 0 saturated carbocycles. The standard InChI is InChI=1S/C10H15NO5S2.C6H15N/c12-18(13,14)3-1-2-11-4-8-5-15-9-6-17-7-10(9)16-8;1-4-7(5-2)6-3/h6-8,11H,1-5H2,(H,12,13,14);4-6H2,1-3H3. The normalized spacial score (nSPS) is 16.4. The predicted molar refractivity (Wildman–Crippen MR) is 102 cm³/mol.